The molecule has 0 radical (unpaired) electrons. The molecule has 1 aliphatic rings. The Balaban J connectivity index is 1.67. The van der Waals surface area contributed by atoms with Crippen LogP contribution in [0.5, 0.6) is 0 Å². The molecule has 4 rings (SSSR count). The molecule has 0 atom stereocenters. The van der Waals surface area contributed by atoms with Crippen molar-refractivity contribution in [2.45, 2.75) is 6.42 Å². The molecule has 0 unspecified atom stereocenters. The van der Waals surface area contributed by atoms with Gasteiger partial charge in [0.15, 0.2) is 0 Å². The first-order valence-corrected chi connectivity index (χ1v) is 9.35. The van der Waals surface area contributed by atoms with Crippen LogP contribution in [0.1, 0.15) is 27.0 Å². The fraction of sp³-hybridized carbons (Fsp3) is 0.0800. The van der Waals surface area contributed by atoms with E-state index in [-0.39, 0.29) is 5.57 Å². The summed E-state index contributed by atoms with van der Waals surface area (Å²) in [6.07, 6.45) is 5.43. The summed E-state index contributed by atoms with van der Waals surface area (Å²) in [5.74, 6) is 4.89. The number of amides is 1. The number of anilines is 1. The zero-order valence-electron chi connectivity index (χ0n) is 16.2. The van der Waals surface area contributed by atoms with Gasteiger partial charge in [0.25, 0.3) is 5.91 Å². The smallest absolute Gasteiger partial charge is 0.262 e. The number of nitrogens with zero attached hydrogens (tertiary/aromatic N) is 2. The molecule has 1 amide bonds. The predicted octanol–water partition coefficient (Wildman–Crippen LogP) is 4.06. The van der Waals surface area contributed by atoms with E-state index in [2.05, 4.69) is 16.8 Å². The Labute approximate surface area is 173 Å². The first-order chi connectivity index (χ1) is 14.5. The number of halogens is 1. The number of rotatable bonds is 2. The molecule has 146 valence electrons. The normalized spacial score (nSPS) is 14.3. The first-order valence-electron chi connectivity index (χ1n) is 9.35. The number of likely N-dealkylation sites (N-methyl/N-ethyl adjacent to an activating group) is 1. The number of hydrogen-bond donors (Lipinski definition) is 0. The first kappa shape index (κ1) is 19.3. The Kier molecular flexibility index (Phi) is 5.23. The molecule has 0 aliphatic carbocycles. The van der Waals surface area contributed by atoms with Gasteiger partial charge < -0.3 is 4.90 Å². The van der Waals surface area contributed by atoms with Crippen molar-refractivity contribution in [2.75, 3.05) is 11.9 Å². The van der Waals surface area contributed by atoms with Crippen molar-refractivity contribution in [3.63, 3.8) is 0 Å². The number of hydrogen-bond acceptors (Lipinski definition) is 3. The molecule has 0 spiro atoms. The Morgan fingerprint density at radius 2 is 1.97 bits per heavy atom. The van der Waals surface area contributed by atoms with Crippen molar-refractivity contribution in [1.29, 1.82) is 0 Å². The van der Waals surface area contributed by atoms with Gasteiger partial charge >= 0.3 is 0 Å². The number of carbonyl (C=O) groups excluding carboxylic acids is 2. The topological polar surface area (TPSA) is 50.3 Å². The highest BCUT2D eigenvalue weighted by Crippen LogP contribution is 2.31. The van der Waals surface area contributed by atoms with Crippen LogP contribution in [0.25, 0.3) is 6.08 Å². The van der Waals surface area contributed by atoms with Gasteiger partial charge in [-0.05, 0) is 53.6 Å². The Morgan fingerprint density at radius 3 is 2.73 bits per heavy atom. The van der Waals surface area contributed by atoms with Crippen molar-refractivity contribution >= 4 is 23.5 Å². The number of fused-ring (bicyclic) bond motifs is 1. The summed E-state index contributed by atoms with van der Waals surface area (Å²) < 4.78 is 13.5. The van der Waals surface area contributed by atoms with Crippen molar-refractivity contribution in [2.24, 2.45) is 0 Å². The summed E-state index contributed by atoms with van der Waals surface area (Å²) in [6.45, 7) is 0. The fourth-order valence-electron chi connectivity index (χ4n) is 3.26. The number of benzene rings is 2. The SMILES string of the molecule is CN1C(=O)C(=Cc2cccc(F)c2)C(=O)c2cc(C#CCc3cccnc3)ccc21. The summed E-state index contributed by atoms with van der Waals surface area (Å²) in [5.41, 5.74) is 3.06. The summed E-state index contributed by atoms with van der Waals surface area (Å²) in [6, 6.07) is 14.8. The second-order valence-corrected chi connectivity index (χ2v) is 6.88. The third-order valence-corrected chi connectivity index (χ3v) is 4.79. The van der Waals surface area contributed by atoms with Crippen molar-refractivity contribution in [3.8, 4) is 11.8 Å². The second kappa shape index (κ2) is 8.14. The molecule has 30 heavy (non-hydrogen) atoms. The van der Waals surface area contributed by atoms with Gasteiger partial charge in [-0.1, -0.05) is 30.0 Å². The Hall–Kier alpha value is -4.04. The number of aromatic nitrogens is 1. The highest BCUT2D eigenvalue weighted by molar-refractivity contribution is 6.36. The largest absolute Gasteiger partial charge is 0.311 e. The highest BCUT2D eigenvalue weighted by atomic mass is 19.1. The van der Waals surface area contributed by atoms with Crippen LogP contribution in [0.2, 0.25) is 0 Å². The van der Waals surface area contributed by atoms with E-state index < -0.39 is 17.5 Å². The molecule has 2 heterocycles. The van der Waals surface area contributed by atoms with Crippen LogP contribution in [0.3, 0.4) is 0 Å². The lowest BCUT2D eigenvalue weighted by Gasteiger charge is -2.26. The molecule has 2 aromatic carbocycles. The van der Waals surface area contributed by atoms with Crippen LogP contribution in [0, 0.1) is 17.7 Å². The Bertz CT molecular complexity index is 1240. The van der Waals surface area contributed by atoms with E-state index in [1.807, 2.05) is 12.1 Å². The predicted molar refractivity (Wildman–Crippen MR) is 113 cm³/mol. The summed E-state index contributed by atoms with van der Waals surface area (Å²) in [7, 11) is 1.61. The van der Waals surface area contributed by atoms with Crippen LogP contribution in [0.15, 0.2) is 72.6 Å². The van der Waals surface area contributed by atoms with Crippen LogP contribution >= 0.6 is 0 Å². The van der Waals surface area contributed by atoms with E-state index in [0.717, 1.165) is 5.56 Å². The zero-order chi connectivity index (χ0) is 21.1. The molecule has 0 saturated heterocycles. The monoisotopic (exact) mass is 396 g/mol. The van der Waals surface area contributed by atoms with E-state index in [1.165, 1.54) is 29.2 Å². The van der Waals surface area contributed by atoms with Crippen molar-refractivity contribution in [3.05, 3.63) is 101 Å². The van der Waals surface area contributed by atoms with Gasteiger partial charge in [-0.3, -0.25) is 14.6 Å². The molecule has 0 N–H and O–H groups in total. The number of ketones is 1. The van der Waals surface area contributed by atoms with Gasteiger partial charge in [0, 0.05) is 37.0 Å². The van der Waals surface area contributed by atoms with Gasteiger partial charge in [-0.25, -0.2) is 4.39 Å². The van der Waals surface area contributed by atoms with E-state index in [0.29, 0.717) is 28.8 Å². The van der Waals surface area contributed by atoms with Crippen LogP contribution in [-0.2, 0) is 11.2 Å². The summed E-state index contributed by atoms with van der Waals surface area (Å²) >= 11 is 0. The Morgan fingerprint density at radius 1 is 1.10 bits per heavy atom. The molecule has 4 nitrogen and oxygen atoms in total. The fourth-order valence-corrected chi connectivity index (χ4v) is 3.26. The minimum atomic E-state index is -0.431. The van der Waals surface area contributed by atoms with Crippen molar-refractivity contribution in [1.82, 2.24) is 4.98 Å². The molecule has 0 bridgehead atoms. The molecule has 5 heteroatoms. The summed E-state index contributed by atoms with van der Waals surface area (Å²) in [4.78, 5) is 31.2. The lowest BCUT2D eigenvalue weighted by Crippen LogP contribution is -2.36. The lowest BCUT2D eigenvalue weighted by atomic mass is 9.92. The number of carbonyl (C=O) groups is 2. The lowest BCUT2D eigenvalue weighted by molar-refractivity contribution is -0.114. The van der Waals surface area contributed by atoms with Crippen molar-refractivity contribution < 1.29 is 14.0 Å². The van der Waals surface area contributed by atoms with E-state index >= 15 is 0 Å². The average Bonchev–Trinajstić information content (AvgIpc) is 2.76. The molecule has 0 saturated carbocycles. The van der Waals surface area contributed by atoms with Gasteiger partial charge in [-0.2, -0.15) is 0 Å². The quantitative estimate of drug-likeness (QED) is 0.373. The molecule has 3 aromatic rings. The second-order valence-electron chi connectivity index (χ2n) is 6.88. The zero-order valence-corrected chi connectivity index (χ0v) is 16.2. The van der Waals surface area contributed by atoms with E-state index in [4.69, 9.17) is 0 Å². The van der Waals surface area contributed by atoms with Crippen LogP contribution in [-0.4, -0.2) is 23.7 Å². The maximum Gasteiger partial charge on any atom is 0.262 e. The highest BCUT2D eigenvalue weighted by Gasteiger charge is 2.32. The maximum absolute atomic E-state index is 13.5. The number of Topliss-reactive ketones (excluding diaryl/α,β-unsaturated/α-hetero) is 1. The van der Waals surface area contributed by atoms with Gasteiger partial charge in [0.2, 0.25) is 5.78 Å². The molecular weight excluding hydrogens is 379 g/mol. The molecule has 1 aliphatic heterocycles. The van der Waals surface area contributed by atoms with Crippen LogP contribution in [0.4, 0.5) is 10.1 Å². The molecular formula is C25H17FN2O2. The third-order valence-electron chi connectivity index (χ3n) is 4.79. The average molecular weight is 396 g/mol. The minimum Gasteiger partial charge on any atom is -0.311 e. The summed E-state index contributed by atoms with van der Waals surface area (Å²) in [5, 5.41) is 0. The minimum absolute atomic E-state index is 0.00364. The van der Waals surface area contributed by atoms with E-state index in [1.54, 1.807) is 43.7 Å². The van der Waals surface area contributed by atoms with E-state index in [9.17, 15) is 14.0 Å². The van der Waals surface area contributed by atoms with Gasteiger partial charge in [0.1, 0.15) is 5.82 Å². The third kappa shape index (κ3) is 3.89. The molecule has 0 fully saturated rings. The van der Waals surface area contributed by atoms with Gasteiger partial charge in [-0.15, -0.1) is 0 Å². The number of pyridine rings is 1. The standard InChI is InChI=1S/C25H17FN2O2/c1-28-23-11-10-17(5-2-6-18-8-4-12-27-16-18)14-21(23)24(29)22(25(28)30)15-19-7-3-9-20(26)13-19/h3-4,7-16H,6H2,1H3. The van der Waals surface area contributed by atoms with Crippen LogP contribution < -0.4 is 4.90 Å². The maximum atomic E-state index is 13.5. The van der Waals surface area contributed by atoms with Gasteiger partial charge in [0.05, 0.1) is 11.3 Å². The molecule has 1 aromatic heterocycles.